The maximum absolute atomic E-state index is 13.2. The van der Waals surface area contributed by atoms with E-state index < -0.39 is 5.60 Å². The smallest absolute Gasteiger partial charge is 0.411 e. The summed E-state index contributed by atoms with van der Waals surface area (Å²) in [6, 6.07) is 4.25. The van der Waals surface area contributed by atoms with Crippen LogP contribution in [-0.4, -0.2) is 28.1 Å². The highest BCUT2D eigenvalue weighted by molar-refractivity contribution is 5.70. The molecule has 3 aliphatic rings. The highest BCUT2D eigenvalue weighted by Crippen LogP contribution is 2.58. The van der Waals surface area contributed by atoms with Gasteiger partial charge >= 0.3 is 6.09 Å². The zero-order valence-corrected chi connectivity index (χ0v) is 15.9. The minimum atomic E-state index is -0.465. The monoisotopic (exact) mass is 342 g/mol. The third-order valence-electron chi connectivity index (χ3n) is 6.35. The molecule has 4 atom stereocenters. The molecular formula is C21H30N2O2. The molecule has 0 spiro atoms. The van der Waals surface area contributed by atoms with Crippen molar-refractivity contribution in [3.8, 4) is 0 Å². The van der Waals surface area contributed by atoms with Crippen molar-refractivity contribution in [2.75, 3.05) is 6.54 Å². The van der Waals surface area contributed by atoms with E-state index in [1.165, 1.54) is 24.1 Å². The Kier molecular flexibility index (Phi) is 3.86. The molecule has 2 bridgehead atoms. The van der Waals surface area contributed by atoms with Crippen LogP contribution in [0.4, 0.5) is 4.79 Å². The lowest BCUT2D eigenvalue weighted by atomic mass is 9.53. The summed E-state index contributed by atoms with van der Waals surface area (Å²) < 4.78 is 5.83. The average molecular weight is 342 g/mol. The van der Waals surface area contributed by atoms with E-state index in [2.05, 4.69) is 17.9 Å². The highest BCUT2D eigenvalue weighted by Gasteiger charge is 2.59. The number of nitrogens with zero attached hydrogens (tertiary/aromatic N) is 2. The van der Waals surface area contributed by atoms with Gasteiger partial charge in [-0.15, -0.1) is 0 Å². The summed E-state index contributed by atoms with van der Waals surface area (Å²) in [5.74, 6) is 1.80. The summed E-state index contributed by atoms with van der Waals surface area (Å²) in [5, 5.41) is 0. The van der Waals surface area contributed by atoms with Crippen molar-refractivity contribution in [1.29, 1.82) is 0 Å². The van der Waals surface area contributed by atoms with E-state index in [0.717, 1.165) is 25.8 Å². The lowest BCUT2D eigenvalue weighted by molar-refractivity contribution is -0.0933. The van der Waals surface area contributed by atoms with E-state index in [1.54, 1.807) is 0 Å². The molecule has 4 heteroatoms. The van der Waals surface area contributed by atoms with Gasteiger partial charge in [-0.3, -0.25) is 9.88 Å². The first-order chi connectivity index (χ1) is 11.8. The van der Waals surface area contributed by atoms with Crippen molar-refractivity contribution >= 4 is 6.09 Å². The molecular weight excluding hydrogens is 312 g/mol. The second-order valence-electron chi connectivity index (χ2n) is 9.31. The molecule has 25 heavy (non-hydrogen) atoms. The normalized spacial score (nSPS) is 34.1. The Morgan fingerprint density at radius 2 is 2.20 bits per heavy atom. The van der Waals surface area contributed by atoms with E-state index in [-0.39, 0.29) is 11.6 Å². The van der Waals surface area contributed by atoms with Crippen LogP contribution in [0.25, 0.3) is 0 Å². The molecule has 4 unspecified atom stereocenters. The Balaban J connectivity index is 1.83. The lowest BCUT2D eigenvalue weighted by Gasteiger charge is -2.61. The number of piperidine rings is 1. The van der Waals surface area contributed by atoms with E-state index in [9.17, 15) is 4.79 Å². The average Bonchev–Trinajstić information content (AvgIpc) is 2.52. The van der Waals surface area contributed by atoms with Crippen LogP contribution in [0.2, 0.25) is 0 Å². The standard InChI is InChI=1S/C21H30N2O2/c1-14-11-15-12-18-17(7-5-9-22-18)21(13-14)16(15)8-6-10-23(21)19(24)25-20(2,3)4/h5,7,9,14-16H,6,8,10-13H2,1-4H3. The number of carbonyl (C=O) groups is 1. The molecule has 0 N–H and O–H groups in total. The molecule has 1 amide bonds. The largest absolute Gasteiger partial charge is 0.444 e. The Hall–Kier alpha value is -1.58. The van der Waals surface area contributed by atoms with Crippen molar-refractivity contribution in [3.05, 3.63) is 29.6 Å². The van der Waals surface area contributed by atoms with Crippen LogP contribution in [0.15, 0.2) is 18.3 Å². The summed E-state index contributed by atoms with van der Waals surface area (Å²) in [6.45, 7) is 8.99. The van der Waals surface area contributed by atoms with Crippen molar-refractivity contribution in [2.24, 2.45) is 17.8 Å². The van der Waals surface area contributed by atoms with Gasteiger partial charge in [0.1, 0.15) is 5.60 Å². The van der Waals surface area contributed by atoms with Crippen LogP contribution in [0, 0.1) is 17.8 Å². The first-order valence-electron chi connectivity index (χ1n) is 9.76. The fourth-order valence-corrected chi connectivity index (χ4v) is 5.79. The van der Waals surface area contributed by atoms with Gasteiger partial charge in [0.25, 0.3) is 0 Å². The minimum absolute atomic E-state index is 0.151. The first-order valence-corrected chi connectivity index (χ1v) is 9.76. The molecule has 1 saturated carbocycles. The predicted octanol–water partition coefficient (Wildman–Crippen LogP) is 4.53. The predicted molar refractivity (Wildman–Crippen MR) is 97.2 cm³/mol. The summed E-state index contributed by atoms with van der Waals surface area (Å²) in [4.78, 5) is 19.9. The number of carbonyl (C=O) groups excluding carboxylic acids is 1. The number of hydrogen-bond donors (Lipinski definition) is 0. The molecule has 4 rings (SSSR count). The van der Waals surface area contributed by atoms with Crippen LogP contribution in [0.1, 0.15) is 64.6 Å². The van der Waals surface area contributed by atoms with E-state index >= 15 is 0 Å². The van der Waals surface area contributed by atoms with Gasteiger partial charge in [-0.05, 0) is 82.3 Å². The zero-order chi connectivity index (χ0) is 17.8. The summed E-state index contributed by atoms with van der Waals surface area (Å²) in [5.41, 5.74) is 1.80. The molecule has 136 valence electrons. The van der Waals surface area contributed by atoms with Gasteiger partial charge in [0.15, 0.2) is 0 Å². The van der Waals surface area contributed by atoms with Gasteiger partial charge in [0.05, 0.1) is 5.54 Å². The number of fused-ring (bicyclic) bond motifs is 1. The number of amides is 1. The maximum atomic E-state index is 13.2. The molecule has 0 aromatic carbocycles. The number of likely N-dealkylation sites (tertiary alicyclic amines) is 1. The fourth-order valence-electron chi connectivity index (χ4n) is 5.79. The third kappa shape index (κ3) is 2.65. The molecule has 2 fully saturated rings. The Morgan fingerprint density at radius 3 is 2.96 bits per heavy atom. The SMILES string of the molecule is CC1CC2Cc3ncccc3C3(C1)C2CCCN3C(=O)OC(C)(C)C. The van der Waals surface area contributed by atoms with Gasteiger partial charge in [-0.25, -0.2) is 4.79 Å². The van der Waals surface area contributed by atoms with Gasteiger partial charge in [0.2, 0.25) is 0 Å². The first kappa shape index (κ1) is 16.9. The summed E-state index contributed by atoms with van der Waals surface area (Å²) >= 11 is 0. The molecule has 2 aliphatic carbocycles. The maximum Gasteiger partial charge on any atom is 0.411 e. The van der Waals surface area contributed by atoms with Crippen LogP contribution in [-0.2, 0) is 16.7 Å². The fraction of sp³-hybridized carbons (Fsp3) is 0.714. The molecule has 2 heterocycles. The third-order valence-corrected chi connectivity index (χ3v) is 6.35. The van der Waals surface area contributed by atoms with Gasteiger partial charge in [0, 0.05) is 18.4 Å². The van der Waals surface area contributed by atoms with E-state index in [1.807, 2.05) is 33.0 Å². The minimum Gasteiger partial charge on any atom is -0.444 e. The molecule has 4 nitrogen and oxygen atoms in total. The van der Waals surface area contributed by atoms with Gasteiger partial charge in [-0.2, -0.15) is 0 Å². The molecule has 1 aliphatic heterocycles. The van der Waals surface area contributed by atoms with E-state index in [4.69, 9.17) is 9.72 Å². The molecule has 1 aromatic rings. The van der Waals surface area contributed by atoms with E-state index in [0.29, 0.717) is 17.8 Å². The Labute approximate surface area is 151 Å². The number of hydrogen-bond acceptors (Lipinski definition) is 3. The van der Waals surface area contributed by atoms with Crippen LogP contribution in [0.5, 0.6) is 0 Å². The number of ether oxygens (including phenoxy) is 1. The summed E-state index contributed by atoms with van der Waals surface area (Å²) in [6.07, 6.45) is 7.39. The van der Waals surface area contributed by atoms with Crippen LogP contribution in [0.3, 0.4) is 0 Å². The molecule has 1 saturated heterocycles. The highest BCUT2D eigenvalue weighted by atomic mass is 16.6. The van der Waals surface area contributed by atoms with Crippen molar-refractivity contribution in [2.45, 2.75) is 70.9 Å². The molecule has 1 aromatic heterocycles. The second kappa shape index (κ2) is 5.72. The van der Waals surface area contributed by atoms with Gasteiger partial charge < -0.3 is 4.74 Å². The van der Waals surface area contributed by atoms with Crippen molar-refractivity contribution < 1.29 is 9.53 Å². The summed E-state index contributed by atoms with van der Waals surface area (Å²) in [7, 11) is 0. The van der Waals surface area contributed by atoms with Crippen LogP contribution >= 0.6 is 0 Å². The quantitative estimate of drug-likeness (QED) is 0.696. The topological polar surface area (TPSA) is 42.4 Å². The Bertz CT molecular complexity index is 681. The second-order valence-corrected chi connectivity index (χ2v) is 9.31. The lowest BCUT2D eigenvalue weighted by Crippen LogP contribution is -2.64. The van der Waals surface area contributed by atoms with Crippen LogP contribution < -0.4 is 0 Å². The number of aromatic nitrogens is 1. The number of rotatable bonds is 0. The van der Waals surface area contributed by atoms with Crippen molar-refractivity contribution in [3.63, 3.8) is 0 Å². The number of pyridine rings is 1. The van der Waals surface area contributed by atoms with Gasteiger partial charge in [-0.1, -0.05) is 13.0 Å². The molecule has 0 radical (unpaired) electrons. The zero-order valence-electron chi connectivity index (χ0n) is 15.9. The Morgan fingerprint density at radius 1 is 1.40 bits per heavy atom. The van der Waals surface area contributed by atoms with Crippen molar-refractivity contribution in [1.82, 2.24) is 9.88 Å².